The van der Waals surface area contributed by atoms with Crippen molar-refractivity contribution in [2.24, 2.45) is 22.7 Å². The summed E-state index contributed by atoms with van der Waals surface area (Å²) < 4.78 is 0. The number of fused-ring (bicyclic) bond motifs is 2. The third-order valence-electron chi connectivity index (χ3n) is 10.7. The largest absolute Gasteiger partial charge is 0.393 e. The summed E-state index contributed by atoms with van der Waals surface area (Å²) in [5, 5.41) is 32.0. The highest BCUT2D eigenvalue weighted by molar-refractivity contribution is 6.06. The van der Waals surface area contributed by atoms with E-state index in [1.807, 2.05) is 43.0 Å². The average Bonchev–Trinajstić information content (AvgIpc) is 3.14. The van der Waals surface area contributed by atoms with Crippen LogP contribution in [0.25, 0.3) is 0 Å². The van der Waals surface area contributed by atoms with Gasteiger partial charge in [-0.25, -0.2) is 0 Å². The van der Waals surface area contributed by atoms with Crippen LogP contribution in [0.1, 0.15) is 98.0 Å². The van der Waals surface area contributed by atoms with Crippen molar-refractivity contribution < 1.29 is 20.1 Å². The minimum Gasteiger partial charge on any atom is -0.393 e. The first-order valence-corrected chi connectivity index (χ1v) is 14.4. The lowest BCUT2D eigenvalue weighted by Crippen LogP contribution is -2.55. The SMILES string of the molecule is C=CC(C)(C)N1C(=O)[C@@H](C[C@@H]2CC[C@H]3[C@](C)(CCC(O)C(C)(C)O)[C@@H](O)CC[C@]3(C)C2=C)c2ccccc21. The van der Waals surface area contributed by atoms with Crippen molar-refractivity contribution in [3.05, 3.63) is 54.6 Å². The molecular weight excluding hydrogens is 474 g/mol. The number of hydrogen-bond acceptors (Lipinski definition) is 4. The second-order valence-corrected chi connectivity index (χ2v) is 13.9. The first-order valence-electron chi connectivity index (χ1n) is 14.4. The van der Waals surface area contributed by atoms with Crippen molar-refractivity contribution in [1.29, 1.82) is 0 Å². The van der Waals surface area contributed by atoms with Crippen LogP contribution in [0.5, 0.6) is 0 Å². The third kappa shape index (κ3) is 4.69. The zero-order valence-electron chi connectivity index (χ0n) is 24.3. The van der Waals surface area contributed by atoms with E-state index in [9.17, 15) is 20.1 Å². The molecule has 1 aromatic carbocycles. The highest BCUT2D eigenvalue weighted by Gasteiger charge is 2.57. The molecule has 3 aliphatic rings. The molecule has 5 nitrogen and oxygen atoms in total. The number of benzene rings is 1. The average molecular weight is 524 g/mol. The minimum absolute atomic E-state index is 0.140. The third-order valence-corrected chi connectivity index (χ3v) is 10.7. The number of allylic oxidation sites excluding steroid dienone is 1. The zero-order valence-corrected chi connectivity index (χ0v) is 24.3. The fourth-order valence-electron chi connectivity index (χ4n) is 7.93. The number of carbonyl (C=O) groups is 1. The number of hydrogen-bond donors (Lipinski definition) is 3. The van der Waals surface area contributed by atoms with Gasteiger partial charge in [-0.05, 0) is 107 Å². The van der Waals surface area contributed by atoms with Crippen molar-refractivity contribution in [3.8, 4) is 0 Å². The van der Waals surface area contributed by atoms with Gasteiger partial charge in [0.2, 0.25) is 5.91 Å². The van der Waals surface area contributed by atoms with Gasteiger partial charge in [0.25, 0.3) is 0 Å². The van der Waals surface area contributed by atoms with E-state index in [1.54, 1.807) is 13.8 Å². The normalized spacial score (nSPS) is 34.6. The van der Waals surface area contributed by atoms with Gasteiger partial charge in [-0.2, -0.15) is 0 Å². The Labute approximate surface area is 229 Å². The summed E-state index contributed by atoms with van der Waals surface area (Å²) in [5.74, 6) is 0.404. The maximum Gasteiger partial charge on any atom is 0.235 e. The van der Waals surface area contributed by atoms with Gasteiger partial charge in [0.05, 0.1) is 29.3 Å². The second kappa shape index (κ2) is 9.91. The Morgan fingerprint density at radius 1 is 1.16 bits per heavy atom. The second-order valence-electron chi connectivity index (χ2n) is 13.9. The fourth-order valence-corrected chi connectivity index (χ4v) is 7.93. The first-order chi connectivity index (χ1) is 17.6. The quantitative estimate of drug-likeness (QED) is 0.358. The number of carbonyl (C=O) groups excluding carboxylic acids is 1. The maximum atomic E-state index is 13.9. The highest BCUT2D eigenvalue weighted by atomic mass is 16.3. The van der Waals surface area contributed by atoms with Gasteiger partial charge >= 0.3 is 0 Å². The molecule has 2 fully saturated rings. The molecule has 0 aromatic heterocycles. The van der Waals surface area contributed by atoms with E-state index >= 15 is 0 Å². The number of rotatable bonds is 8. The molecule has 1 aliphatic heterocycles. The van der Waals surface area contributed by atoms with Crippen molar-refractivity contribution in [1.82, 2.24) is 0 Å². The molecule has 0 saturated heterocycles. The lowest BCUT2D eigenvalue weighted by molar-refractivity contribution is -0.126. The van der Waals surface area contributed by atoms with Crippen molar-refractivity contribution in [2.45, 2.75) is 116 Å². The molecule has 2 saturated carbocycles. The van der Waals surface area contributed by atoms with Gasteiger partial charge in [0.1, 0.15) is 0 Å². The van der Waals surface area contributed by atoms with E-state index in [0.29, 0.717) is 19.3 Å². The Balaban J connectivity index is 1.57. The van der Waals surface area contributed by atoms with E-state index < -0.39 is 23.3 Å². The molecule has 210 valence electrons. The summed E-state index contributed by atoms with van der Waals surface area (Å²) in [6.07, 6.45) is 5.87. The standard InChI is InChI=1S/C33H49NO4/c1-9-30(3,4)34-25-13-11-10-12-23(25)24(29(34)37)20-22-14-15-26-32(7,21(22)2)18-17-28(36)33(26,8)19-16-27(35)31(5,6)38/h9-13,22,24,26-28,35-36,38H,1-2,14-20H2,3-8H3/t22-,24-,26+,27?,28-,32+,33-/m0/s1. The van der Waals surface area contributed by atoms with Crippen molar-refractivity contribution >= 4 is 11.6 Å². The predicted octanol–water partition coefficient (Wildman–Crippen LogP) is 6.13. The number of aliphatic hydroxyl groups is 3. The predicted molar refractivity (Wildman–Crippen MR) is 154 cm³/mol. The van der Waals surface area contributed by atoms with Crippen LogP contribution >= 0.6 is 0 Å². The molecule has 1 heterocycles. The van der Waals surface area contributed by atoms with Crippen molar-refractivity contribution in [3.63, 3.8) is 0 Å². The van der Waals surface area contributed by atoms with E-state index in [0.717, 1.165) is 36.9 Å². The summed E-state index contributed by atoms with van der Waals surface area (Å²) in [6.45, 7) is 20.5. The van der Waals surface area contributed by atoms with Crippen LogP contribution in [-0.2, 0) is 4.79 Å². The van der Waals surface area contributed by atoms with Crippen LogP contribution in [0, 0.1) is 22.7 Å². The van der Waals surface area contributed by atoms with E-state index in [2.05, 4.69) is 33.1 Å². The fraction of sp³-hybridized carbons (Fsp3) is 0.667. The summed E-state index contributed by atoms with van der Waals surface area (Å²) >= 11 is 0. The van der Waals surface area contributed by atoms with Crippen LogP contribution < -0.4 is 4.90 Å². The van der Waals surface area contributed by atoms with E-state index in [1.165, 1.54) is 5.57 Å². The molecule has 1 amide bonds. The van der Waals surface area contributed by atoms with Gasteiger partial charge in [0.15, 0.2) is 0 Å². The number of anilines is 1. The minimum atomic E-state index is -1.17. The van der Waals surface area contributed by atoms with Crippen LogP contribution in [0.4, 0.5) is 5.69 Å². The smallest absolute Gasteiger partial charge is 0.235 e. The Kier molecular flexibility index (Phi) is 7.57. The summed E-state index contributed by atoms with van der Waals surface area (Å²) in [4.78, 5) is 15.8. The van der Waals surface area contributed by atoms with Crippen LogP contribution in [0.15, 0.2) is 49.1 Å². The highest BCUT2D eigenvalue weighted by Crippen LogP contribution is 2.63. The van der Waals surface area contributed by atoms with Gasteiger partial charge < -0.3 is 20.2 Å². The van der Waals surface area contributed by atoms with Crippen LogP contribution in [0.2, 0.25) is 0 Å². The Hall–Kier alpha value is -1.95. The molecule has 2 aliphatic carbocycles. The lowest BCUT2D eigenvalue weighted by atomic mass is 9.46. The summed E-state index contributed by atoms with van der Waals surface area (Å²) in [6, 6.07) is 8.15. The first kappa shape index (κ1) is 29.0. The Morgan fingerprint density at radius 2 is 1.82 bits per heavy atom. The van der Waals surface area contributed by atoms with Crippen molar-refractivity contribution in [2.75, 3.05) is 4.90 Å². The van der Waals surface area contributed by atoms with Gasteiger partial charge in [-0.15, -0.1) is 6.58 Å². The number of aliphatic hydroxyl groups excluding tert-OH is 2. The monoisotopic (exact) mass is 523 g/mol. The van der Waals surface area contributed by atoms with Gasteiger partial charge in [0, 0.05) is 5.69 Å². The van der Waals surface area contributed by atoms with Crippen LogP contribution in [0.3, 0.4) is 0 Å². The van der Waals surface area contributed by atoms with E-state index in [-0.39, 0.29) is 34.5 Å². The number of amides is 1. The molecule has 0 bridgehead atoms. The molecule has 38 heavy (non-hydrogen) atoms. The Morgan fingerprint density at radius 3 is 2.45 bits per heavy atom. The molecular formula is C33H49NO4. The topological polar surface area (TPSA) is 81.0 Å². The molecule has 4 rings (SSSR count). The lowest BCUT2D eigenvalue weighted by Gasteiger charge is -2.59. The summed E-state index contributed by atoms with van der Waals surface area (Å²) in [7, 11) is 0. The van der Waals surface area contributed by atoms with Gasteiger partial charge in [-0.1, -0.05) is 50.3 Å². The number of para-hydroxylation sites is 1. The van der Waals surface area contributed by atoms with Crippen LogP contribution in [-0.4, -0.2) is 44.6 Å². The molecule has 0 spiro atoms. The zero-order chi connectivity index (χ0) is 28.3. The number of nitrogens with zero attached hydrogens (tertiary/aromatic N) is 1. The molecule has 3 N–H and O–H groups in total. The molecule has 5 heteroatoms. The summed E-state index contributed by atoms with van der Waals surface area (Å²) in [5.41, 5.74) is 1.14. The van der Waals surface area contributed by atoms with Gasteiger partial charge in [-0.3, -0.25) is 4.79 Å². The van der Waals surface area contributed by atoms with E-state index in [4.69, 9.17) is 0 Å². The molecule has 1 aromatic rings. The molecule has 7 atom stereocenters. The maximum absolute atomic E-state index is 13.9. The Bertz CT molecular complexity index is 1090. The molecule has 0 radical (unpaired) electrons. The molecule has 1 unspecified atom stereocenters.